The lowest BCUT2D eigenvalue weighted by atomic mass is 9.95. The Labute approximate surface area is 205 Å². The molecule has 0 N–H and O–H groups in total. The minimum atomic E-state index is -0.450. The summed E-state index contributed by atoms with van der Waals surface area (Å²) in [6.45, 7) is 5.94. The van der Waals surface area contributed by atoms with Crippen LogP contribution in [0.1, 0.15) is 31.3 Å². The summed E-state index contributed by atoms with van der Waals surface area (Å²) in [6.07, 6.45) is -0.450. The maximum atomic E-state index is 6.16. The van der Waals surface area contributed by atoms with Gasteiger partial charge in [-0.2, -0.15) is 0 Å². The first kappa shape index (κ1) is 23.3. The van der Waals surface area contributed by atoms with Gasteiger partial charge in [0.05, 0.1) is 27.4 Å². The summed E-state index contributed by atoms with van der Waals surface area (Å²) < 4.78 is 35.3. The Bertz CT molecular complexity index is 1300. The van der Waals surface area contributed by atoms with Crippen molar-refractivity contribution in [2.45, 2.75) is 26.7 Å². The number of benzene rings is 3. The number of hydrogen-bond acceptors (Lipinski definition) is 6. The molecule has 2 heterocycles. The first-order chi connectivity index (χ1) is 17.0. The average molecular weight is 474 g/mol. The van der Waals surface area contributed by atoms with Gasteiger partial charge in [-0.3, -0.25) is 0 Å². The number of methoxy groups -OCH3 is 2. The second-order valence-electron chi connectivity index (χ2n) is 9.41. The van der Waals surface area contributed by atoms with Crippen LogP contribution in [-0.4, -0.2) is 27.4 Å². The minimum absolute atomic E-state index is 0.00431. The molecule has 1 aliphatic heterocycles. The number of fused-ring (bicyclic) bond motifs is 1. The molecule has 4 aromatic rings. The van der Waals surface area contributed by atoms with Crippen molar-refractivity contribution in [3.8, 4) is 28.6 Å². The summed E-state index contributed by atoms with van der Waals surface area (Å²) in [6, 6.07) is 22.9. The Balaban J connectivity index is 1.42. The third-order valence-electron chi connectivity index (χ3n) is 5.94. The third-order valence-corrected chi connectivity index (χ3v) is 5.94. The molecule has 1 aromatic heterocycles. The van der Waals surface area contributed by atoms with Crippen molar-refractivity contribution in [1.82, 2.24) is 0 Å². The van der Waals surface area contributed by atoms with Crippen LogP contribution in [0.25, 0.3) is 22.3 Å². The topological polar surface area (TPSA) is 59.3 Å². The van der Waals surface area contributed by atoms with E-state index in [0.717, 1.165) is 22.1 Å². The second kappa shape index (κ2) is 9.64. The Kier molecular flexibility index (Phi) is 6.41. The van der Waals surface area contributed by atoms with Gasteiger partial charge in [0, 0.05) is 28.0 Å². The fourth-order valence-electron chi connectivity index (χ4n) is 4.04. The number of ether oxygens (including phenoxy) is 5. The molecule has 0 bridgehead atoms. The Hall–Kier alpha value is -3.48. The van der Waals surface area contributed by atoms with Gasteiger partial charge in [-0.1, -0.05) is 44.2 Å². The van der Waals surface area contributed by atoms with Gasteiger partial charge in [0.2, 0.25) is 0 Å². The van der Waals surface area contributed by atoms with Gasteiger partial charge in [0.25, 0.3) is 0 Å². The monoisotopic (exact) mass is 473 g/mol. The lowest BCUT2D eigenvalue weighted by Gasteiger charge is -2.34. The molecule has 0 amide bonds. The van der Waals surface area contributed by atoms with E-state index in [1.54, 1.807) is 14.2 Å². The maximum Gasteiger partial charge on any atom is 0.184 e. The van der Waals surface area contributed by atoms with E-state index in [4.69, 9.17) is 28.1 Å². The Morgan fingerprint density at radius 1 is 0.886 bits per heavy atom. The number of hydrogen-bond donors (Lipinski definition) is 0. The molecule has 0 atom stereocenters. The largest absolute Gasteiger partial charge is 0.493 e. The molecule has 1 saturated heterocycles. The zero-order valence-electron chi connectivity index (χ0n) is 20.4. The van der Waals surface area contributed by atoms with Crippen LogP contribution in [0.2, 0.25) is 0 Å². The van der Waals surface area contributed by atoms with E-state index < -0.39 is 6.29 Å². The number of furan rings is 1. The Morgan fingerprint density at radius 3 is 2.34 bits per heavy atom. The summed E-state index contributed by atoms with van der Waals surface area (Å²) in [5.74, 6) is 2.46. The molecular weight excluding hydrogens is 444 g/mol. The molecule has 0 unspecified atom stereocenters. The van der Waals surface area contributed by atoms with E-state index in [2.05, 4.69) is 19.9 Å². The lowest BCUT2D eigenvalue weighted by Crippen LogP contribution is -2.33. The molecule has 0 spiro atoms. The van der Waals surface area contributed by atoms with Gasteiger partial charge < -0.3 is 28.1 Å². The van der Waals surface area contributed by atoms with E-state index in [-0.39, 0.29) is 5.41 Å². The van der Waals surface area contributed by atoms with Crippen LogP contribution in [-0.2, 0) is 16.1 Å². The van der Waals surface area contributed by atoms with Crippen LogP contribution in [0.5, 0.6) is 17.2 Å². The summed E-state index contributed by atoms with van der Waals surface area (Å²) in [7, 11) is 3.24. The van der Waals surface area contributed by atoms with Gasteiger partial charge in [0.1, 0.15) is 12.4 Å². The minimum Gasteiger partial charge on any atom is -0.493 e. The first-order valence-electron chi connectivity index (χ1n) is 11.6. The van der Waals surface area contributed by atoms with Crippen molar-refractivity contribution in [3.05, 3.63) is 77.9 Å². The molecule has 0 aliphatic carbocycles. The second-order valence-corrected chi connectivity index (χ2v) is 9.41. The highest BCUT2D eigenvalue weighted by atomic mass is 16.7. The average Bonchev–Trinajstić information content (AvgIpc) is 3.32. The summed E-state index contributed by atoms with van der Waals surface area (Å²) in [4.78, 5) is 0. The van der Waals surface area contributed by atoms with E-state index in [9.17, 15) is 0 Å². The van der Waals surface area contributed by atoms with Crippen LogP contribution in [0.4, 0.5) is 0 Å². The summed E-state index contributed by atoms with van der Waals surface area (Å²) >= 11 is 0. The van der Waals surface area contributed by atoms with E-state index >= 15 is 0 Å². The molecule has 1 radical (unpaired) electrons. The summed E-state index contributed by atoms with van der Waals surface area (Å²) in [5, 5.41) is 0.787. The molecule has 6 nitrogen and oxygen atoms in total. The molecular formula is C29H29O6. The van der Waals surface area contributed by atoms with E-state index in [1.807, 2.05) is 60.7 Å². The smallest absolute Gasteiger partial charge is 0.184 e. The van der Waals surface area contributed by atoms with Crippen molar-refractivity contribution in [3.63, 3.8) is 0 Å². The highest BCUT2D eigenvalue weighted by Crippen LogP contribution is 2.40. The Morgan fingerprint density at radius 2 is 1.63 bits per heavy atom. The van der Waals surface area contributed by atoms with Crippen LogP contribution in [0.15, 0.2) is 65.1 Å². The van der Waals surface area contributed by atoms with Crippen LogP contribution >= 0.6 is 0 Å². The zero-order valence-corrected chi connectivity index (χ0v) is 20.4. The SMILES string of the molecule is COc1cc(-c2[c]c3cc(C4OCC(C)(C)CO4)cc(OC)c3o2)ccc1OCc1ccccc1. The molecule has 5 rings (SSSR count). The molecule has 35 heavy (non-hydrogen) atoms. The highest BCUT2D eigenvalue weighted by molar-refractivity contribution is 5.87. The van der Waals surface area contributed by atoms with Crippen molar-refractivity contribution >= 4 is 11.0 Å². The van der Waals surface area contributed by atoms with Gasteiger partial charge in [-0.05, 0) is 35.9 Å². The van der Waals surface area contributed by atoms with Gasteiger partial charge in [-0.15, -0.1) is 0 Å². The molecule has 1 aliphatic rings. The maximum absolute atomic E-state index is 6.16. The van der Waals surface area contributed by atoms with Gasteiger partial charge >= 0.3 is 0 Å². The van der Waals surface area contributed by atoms with Crippen molar-refractivity contribution in [2.24, 2.45) is 5.41 Å². The predicted molar refractivity (Wildman–Crippen MR) is 133 cm³/mol. The first-order valence-corrected chi connectivity index (χ1v) is 11.6. The quantitative estimate of drug-likeness (QED) is 0.303. The molecule has 3 aromatic carbocycles. The third kappa shape index (κ3) is 4.99. The zero-order chi connectivity index (χ0) is 24.4. The summed E-state index contributed by atoms with van der Waals surface area (Å²) in [5.41, 5.74) is 3.39. The van der Waals surface area contributed by atoms with E-state index in [1.165, 1.54) is 0 Å². The van der Waals surface area contributed by atoms with Crippen molar-refractivity contribution < 1.29 is 28.1 Å². The predicted octanol–water partition coefficient (Wildman–Crippen LogP) is 6.57. The highest BCUT2D eigenvalue weighted by Gasteiger charge is 2.30. The van der Waals surface area contributed by atoms with Gasteiger partial charge in [-0.25, -0.2) is 0 Å². The molecule has 0 saturated carbocycles. The fraction of sp³-hybridized carbons (Fsp3) is 0.310. The van der Waals surface area contributed by atoms with Crippen LogP contribution in [0.3, 0.4) is 0 Å². The lowest BCUT2D eigenvalue weighted by molar-refractivity contribution is -0.226. The van der Waals surface area contributed by atoms with Gasteiger partial charge in [0.15, 0.2) is 29.1 Å². The molecule has 1 fully saturated rings. The van der Waals surface area contributed by atoms with Crippen LogP contribution < -0.4 is 14.2 Å². The van der Waals surface area contributed by atoms with Crippen molar-refractivity contribution in [2.75, 3.05) is 27.4 Å². The molecule has 181 valence electrons. The molecule has 6 heteroatoms. The standard InChI is InChI=1S/C29H29O6/c1-29(2)17-33-28(34-18-29)22-12-21-14-24(35-27(21)26(15-22)31-4)20-10-11-23(25(13-20)30-3)32-16-19-8-6-5-7-9-19/h5-13,15,28H,16-18H2,1-4H3. The normalized spacial score (nSPS) is 15.8. The van der Waals surface area contributed by atoms with Crippen LogP contribution in [0, 0.1) is 11.5 Å². The van der Waals surface area contributed by atoms with E-state index in [0.29, 0.717) is 48.4 Å². The fourth-order valence-corrected chi connectivity index (χ4v) is 4.04. The van der Waals surface area contributed by atoms with Crippen molar-refractivity contribution in [1.29, 1.82) is 0 Å². The number of rotatable bonds is 7.